The minimum Gasteiger partial charge on any atom is -0.338 e. The number of imidazole rings is 1. The van der Waals surface area contributed by atoms with Gasteiger partial charge in [0.15, 0.2) is 0 Å². The molecule has 5 rings (SSSR count). The van der Waals surface area contributed by atoms with E-state index in [4.69, 9.17) is 4.98 Å². The van der Waals surface area contributed by atoms with Crippen LogP contribution in [0.2, 0.25) is 0 Å². The van der Waals surface area contributed by atoms with Gasteiger partial charge in [-0.05, 0) is 81.4 Å². The highest BCUT2D eigenvalue weighted by Crippen LogP contribution is 2.38. The standard InChI is InChI=1S/C24H28N4O/c1-18-26-21-16-19(8-9-22(21)28(18)20-6-3-2-4-7-20)23(29)27-15-5-10-24(17-27)11-13-25-14-12-24/h2-4,6-9,16,25H,5,10-15,17H2,1H3. The Morgan fingerprint density at radius 1 is 1.07 bits per heavy atom. The fraction of sp³-hybridized carbons (Fsp3) is 0.417. The van der Waals surface area contributed by atoms with E-state index in [0.717, 1.165) is 60.7 Å². The van der Waals surface area contributed by atoms with Gasteiger partial charge in [-0.2, -0.15) is 0 Å². The molecule has 2 fully saturated rings. The molecule has 0 radical (unpaired) electrons. The van der Waals surface area contributed by atoms with E-state index in [1.54, 1.807) is 0 Å². The van der Waals surface area contributed by atoms with Gasteiger partial charge in [-0.1, -0.05) is 18.2 Å². The topological polar surface area (TPSA) is 50.2 Å². The summed E-state index contributed by atoms with van der Waals surface area (Å²) in [4.78, 5) is 20.1. The van der Waals surface area contributed by atoms with Gasteiger partial charge in [0.2, 0.25) is 0 Å². The third-order valence-corrected chi connectivity index (χ3v) is 6.70. The van der Waals surface area contributed by atoms with Crippen LogP contribution in [0.3, 0.4) is 0 Å². The second kappa shape index (κ2) is 7.30. The molecule has 1 N–H and O–H groups in total. The maximum atomic E-state index is 13.3. The molecule has 0 aliphatic carbocycles. The Kier molecular flexibility index (Phi) is 4.63. The van der Waals surface area contributed by atoms with Crippen LogP contribution in [0.4, 0.5) is 0 Å². The lowest BCUT2D eigenvalue weighted by molar-refractivity contribution is 0.0411. The number of hydrogen-bond donors (Lipinski definition) is 1. The zero-order valence-electron chi connectivity index (χ0n) is 17.0. The lowest BCUT2D eigenvalue weighted by atomic mass is 9.73. The third-order valence-electron chi connectivity index (χ3n) is 6.70. The van der Waals surface area contributed by atoms with Crippen LogP contribution in [0.1, 0.15) is 41.9 Å². The van der Waals surface area contributed by atoms with Crippen LogP contribution in [0.15, 0.2) is 48.5 Å². The molecule has 2 aromatic carbocycles. The molecule has 0 unspecified atom stereocenters. The smallest absolute Gasteiger partial charge is 0.253 e. The van der Waals surface area contributed by atoms with Gasteiger partial charge in [0.25, 0.3) is 5.91 Å². The number of benzene rings is 2. The van der Waals surface area contributed by atoms with Crippen molar-refractivity contribution < 1.29 is 4.79 Å². The largest absolute Gasteiger partial charge is 0.338 e. The van der Waals surface area contributed by atoms with Crippen LogP contribution in [-0.4, -0.2) is 46.5 Å². The number of carbonyl (C=O) groups is 1. The molecule has 0 atom stereocenters. The first kappa shape index (κ1) is 18.4. The van der Waals surface area contributed by atoms with Gasteiger partial charge in [0, 0.05) is 24.3 Å². The normalized spacial score (nSPS) is 19.0. The Morgan fingerprint density at radius 2 is 1.86 bits per heavy atom. The van der Waals surface area contributed by atoms with Crippen molar-refractivity contribution in [3.05, 3.63) is 59.9 Å². The average molecular weight is 389 g/mol. The fourth-order valence-corrected chi connectivity index (χ4v) is 5.17. The molecule has 150 valence electrons. The van der Waals surface area contributed by atoms with Gasteiger partial charge in [0.05, 0.1) is 11.0 Å². The number of aromatic nitrogens is 2. The van der Waals surface area contributed by atoms with Crippen molar-refractivity contribution in [3.63, 3.8) is 0 Å². The summed E-state index contributed by atoms with van der Waals surface area (Å²) in [6.45, 7) is 5.92. The minimum atomic E-state index is 0.149. The number of hydrogen-bond acceptors (Lipinski definition) is 3. The summed E-state index contributed by atoms with van der Waals surface area (Å²) < 4.78 is 2.15. The molecule has 5 nitrogen and oxygen atoms in total. The third kappa shape index (κ3) is 3.33. The highest BCUT2D eigenvalue weighted by atomic mass is 16.2. The van der Waals surface area contributed by atoms with Crippen LogP contribution >= 0.6 is 0 Å². The van der Waals surface area contributed by atoms with Crippen molar-refractivity contribution in [3.8, 4) is 5.69 Å². The van der Waals surface area contributed by atoms with E-state index in [-0.39, 0.29) is 5.91 Å². The number of amides is 1. The van der Waals surface area contributed by atoms with E-state index >= 15 is 0 Å². The molecule has 1 spiro atoms. The number of piperidine rings is 2. The molecule has 3 aromatic rings. The number of aryl methyl sites for hydroxylation is 1. The Balaban J connectivity index is 1.44. The number of nitrogens with one attached hydrogen (secondary N) is 1. The highest BCUT2D eigenvalue weighted by Gasteiger charge is 2.38. The molecule has 2 saturated heterocycles. The lowest BCUT2D eigenvalue weighted by Gasteiger charge is -2.45. The fourth-order valence-electron chi connectivity index (χ4n) is 5.17. The van der Waals surface area contributed by atoms with Crippen molar-refractivity contribution in [2.75, 3.05) is 26.2 Å². The quantitative estimate of drug-likeness (QED) is 0.723. The first-order valence-electron chi connectivity index (χ1n) is 10.7. The SMILES string of the molecule is Cc1nc2cc(C(=O)N3CCCC4(CCNCC4)C3)ccc2n1-c1ccccc1. The van der Waals surface area contributed by atoms with Crippen LogP contribution in [0.5, 0.6) is 0 Å². The molecule has 0 saturated carbocycles. The molecule has 2 aliphatic rings. The van der Waals surface area contributed by atoms with Crippen LogP contribution in [0, 0.1) is 12.3 Å². The zero-order valence-corrected chi connectivity index (χ0v) is 17.0. The average Bonchev–Trinajstić information content (AvgIpc) is 3.09. The molecule has 0 bridgehead atoms. The first-order chi connectivity index (χ1) is 14.2. The number of carbonyl (C=O) groups excluding carboxylic acids is 1. The van der Waals surface area contributed by atoms with Gasteiger partial charge in [-0.15, -0.1) is 0 Å². The summed E-state index contributed by atoms with van der Waals surface area (Å²) in [7, 11) is 0. The maximum absolute atomic E-state index is 13.3. The maximum Gasteiger partial charge on any atom is 0.253 e. The molecule has 2 aliphatic heterocycles. The second-order valence-corrected chi connectivity index (χ2v) is 8.61. The van der Waals surface area contributed by atoms with Gasteiger partial charge < -0.3 is 10.2 Å². The number of likely N-dealkylation sites (tertiary alicyclic amines) is 1. The summed E-state index contributed by atoms with van der Waals surface area (Å²) in [5.41, 5.74) is 4.08. The summed E-state index contributed by atoms with van der Waals surface area (Å²) in [6, 6.07) is 16.2. The van der Waals surface area contributed by atoms with Gasteiger partial charge in [-0.25, -0.2) is 4.98 Å². The van der Waals surface area contributed by atoms with Crippen molar-refractivity contribution in [2.24, 2.45) is 5.41 Å². The summed E-state index contributed by atoms with van der Waals surface area (Å²) in [5.74, 6) is 1.08. The number of fused-ring (bicyclic) bond motifs is 1. The Hall–Kier alpha value is -2.66. The van der Waals surface area contributed by atoms with E-state index < -0.39 is 0 Å². The Labute approximate surface area is 171 Å². The van der Waals surface area contributed by atoms with Crippen molar-refractivity contribution in [2.45, 2.75) is 32.6 Å². The predicted octanol–water partition coefficient (Wildman–Crippen LogP) is 3.94. The molecule has 29 heavy (non-hydrogen) atoms. The van der Waals surface area contributed by atoms with E-state index in [1.165, 1.54) is 19.3 Å². The number of para-hydroxylation sites is 1. The van der Waals surface area contributed by atoms with Crippen LogP contribution < -0.4 is 5.32 Å². The predicted molar refractivity (Wildman–Crippen MR) is 115 cm³/mol. The van der Waals surface area contributed by atoms with Gasteiger partial charge >= 0.3 is 0 Å². The number of rotatable bonds is 2. The molecular weight excluding hydrogens is 360 g/mol. The lowest BCUT2D eigenvalue weighted by Crippen LogP contribution is -2.50. The minimum absolute atomic E-state index is 0.149. The van der Waals surface area contributed by atoms with E-state index in [9.17, 15) is 4.79 Å². The van der Waals surface area contributed by atoms with Crippen molar-refractivity contribution in [1.29, 1.82) is 0 Å². The molecule has 1 aromatic heterocycles. The summed E-state index contributed by atoms with van der Waals surface area (Å²) >= 11 is 0. The monoisotopic (exact) mass is 388 g/mol. The highest BCUT2D eigenvalue weighted by molar-refractivity contribution is 5.97. The van der Waals surface area contributed by atoms with Gasteiger partial charge in [0.1, 0.15) is 5.82 Å². The molecule has 3 heterocycles. The van der Waals surface area contributed by atoms with Crippen molar-refractivity contribution >= 4 is 16.9 Å². The molecular formula is C24H28N4O. The zero-order chi connectivity index (χ0) is 19.8. The van der Waals surface area contributed by atoms with Crippen LogP contribution in [-0.2, 0) is 0 Å². The number of nitrogens with zero attached hydrogens (tertiary/aromatic N) is 3. The van der Waals surface area contributed by atoms with E-state index in [2.05, 4.69) is 26.9 Å². The summed E-state index contributed by atoms with van der Waals surface area (Å²) in [5, 5.41) is 3.46. The van der Waals surface area contributed by atoms with E-state index in [0.29, 0.717) is 5.41 Å². The molecule has 1 amide bonds. The second-order valence-electron chi connectivity index (χ2n) is 8.61. The van der Waals surface area contributed by atoms with Crippen LogP contribution in [0.25, 0.3) is 16.7 Å². The first-order valence-corrected chi connectivity index (χ1v) is 10.7. The Bertz CT molecular complexity index is 1030. The summed E-state index contributed by atoms with van der Waals surface area (Å²) in [6.07, 6.45) is 4.71. The molecule has 5 heteroatoms. The van der Waals surface area contributed by atoms with E-state index in [1.807, 2.05) is 43.3 Å². The van der Waals surface area contributed by atoms with Gasteiger partial charge in [-0.3, -0.25) is 9.36 Å². The Morgan fingerprint density at radius 3 is 2.66 bits per heavy atom. The van der Waals surface area contributed by atoms with Crippen molar-refractivity contribution in [1.82, 2.24) is 19.8 Å².